The molecule has 128 valence electrons. The first-order chi connectivity index (χ1) is 11.6. The van der Waals surface area contributed by atoms with E-state index in [-0.39, 0.29) is 17.7 Å². The predicted octanol–water partition coefficient (Wildman–Crippen LogP) is 2.27. The monoisotopic (exact) mass is 329 g/mol. The molecule has 0 aromatic heterocycles. The zero-order valence-electron chi connectivity index (χ0n) is 13.8. The van der Waals surface area contributed by atoms with E-state index in [0.29, 0.717) is 13.0 Å². The van der Waals surface area contributed by atoms with Crippen LogP contribution >= 0.6 is 0 Å². The van der Waals surface area contributed by atoms with Gasteiger partial charge in [0.1, 0.15) is 5.75 Å². The van der Waals surface area contributed by atoms with E-state index in [0.717, 1.165) is 24.2 Å². The molecule has 1 aromatic carbocycles. The first-order valence-corrected chi connectivity index (χ1v) is 8.42. The number of carbonyl (C=O) groups excluding carboxylic acids is 1. The summed E-state index contributed by atoms with van der Waals surface area (Å²) in [4.78, 5) is 24.2. The molecule has 1 saturated carbocycles. The Morgan fingerprint density at radius 1 is 1.17 bits per heavy atom. The molecule has 2 N–H and O–H groups in total. The number of methoxy groups -OCH3 is 1. The molecular formula is C19H23NO4. The van der Waals surface area contributed by atoms with Crippen molar-refractivity contribution in [2.75, 3.05) is 13.7 Å². The molecule has 5 heteroatoms. The quantitative estimate of drug-likeness (QED) is 0.785. The minimum absolute atomic E-state index is 0.0162. The van der Waals surface area contributed by atoms with Crippen LogP contribution in [-0.4, -0.2) is 30.6 Å². The average Bonchev–Trinajstić information content (AvgIpc) is 2.62. The summed E-state index contributed by atoms with van der Waals surface area (Å²) in [6.07, 6.45) is 6.42. The van der Waals surface area contributed by atoms with Crippen molar-refractivity contribution in [3.8, 4) is 5.75 Å². The van der Waals surface area contributed by atoms with Gasteiger partial charge in [0, 0.05) is 6.54 Å². The van der Waals surface area contributed by atoms with Crippen molar-refractivity contribution in [1.29, 1.82) is 0 Å². The fourth-order valence-corrected chi connectivity index (χ4v) is 4.04. The first kappa shape index (κ1) is 16.6. The molecule has 0 radical (unpaired) electrons. The standard InChI is InChI=1S/C19H23NO4/c1-24-15-5-3-2-4-12(15)10-11-20-18(21)16-13-6-8-14(9-7-13)17(16)19(22)23/h2-6,8,13-14,16-17H,7,9-11H2,1H3,(H,20,21)(H,22,23)/t13-,14-,16+,17+/m0/s1. The Bertz CT molecular complexity index is 655. The summed E-state index contributed by atoms with van der Waals surface area (Å²) in [5, 5.41) is 12.5. The Labute approximate surface area is 141 Å². The van der Waals surface area contributed by atoms with Crippen LogP contribution in [0.2, 0.25) is 0 Å². The Hall–Kier alpha value is -2.30. The summed E-state index contributed by atoms with van der Waals surface area (Å²) in [5.74, 6) is -1.23. The molecule has 0 spiro atoms. The highest BCUT2D eigenvalue weighted by Gasteiger charge is 2.47. The van der Waals surface area contributed by atoms with Crippen LogP contribution < -0.4 is 10.1 Å². The molecular weight excluding hydrogens is 306 g/mol. The van der Waals surface area contributed by atoms with Crippen LogP contribution in [0.3, 0.4) is 0 Å². The van der Waals surface area contributed by atoms with Crippen molar-refractivity contribution in [2.24, 2.45) is 23.7 Å². The maximum atomic E-state index is 12.6. The lowest BCUT2D eigenvalue weighted by Gasteiger charge is -2.41. The van der Waals surface area contributed by atoms with E-state index in [9.17, 15) is 14.7 Å². The largest absolute Gasteiger partial charge is 0.496 e. The Morgan fingerprint density at radius 2 is 1.83 bits per heavy atom. The molecule has 2 bridgehead atoms. The molecule has 0 heterocycles. The third-order valence-electron chi connectivity index (χ3n) is 5.22. The summed E-state index contributed by atoms with van der Waals surface area (Å²) in [6, 6.07) is 7.70. The maximum Gasteiger partial charge on any atom is 0.307 e. The van der Waals surface area contributed by atoms with E-state index in [1.807, 2.05) is 36.4 Å². The van der Waals surface area contributed by atoms with Crippen molar-refractivity contribution in [3.63, 3.8) is 0 Å². The smallest absolute Gasteiger partial charge is 0.307 e. The van der Waals surface area contributed by atoms with Gasteiger partial charge in [-0.15, -0.1) is 0 Å². The number of benzene rings is 1. The number of para-hydroxylation sites is 1. The Kier molecular flexibility index (Phi) is 4.88. The van der Waals surface area contributed by atoms with E-state index in [1.54, 1.807) is 7.11 Å². The molecule has 5 nitrogen and oxygen atoms in total. The lowest BCUT2D eigenvalue weighted by atomic mass is 9.62. The van der Waals surface area contributed by atoms with E-state index in [4.69, 9.17) is 4.74 Å². The van der Waals surface area contributed by atoms with Gasteiger partial charge in [0.2, 0.25) is 5.91 Å². The molecule has 0 saturated heterocycles. The molecule has 3 aliphatic rings. The van der Waals surface area contributed by atoms with Crippen LogP contribution in [0.5, 0.6) is 5.75 Å². The van der Waals surface area contributed by atoms with Gasteiger partial charge in [-0.05, 0) is 42.7 Å². The molecule has 24 heavy (non-hydrogen) atoms. The van der Waals surface area contributed by atoms with Crippen LogP contribution in [-0.2, 0) is 16.0 Å². The molecule has 3 aliphatic carbocycles. The molecule has 0 unspecified atom stereocenters. The van der Waals surface area contributed by atoms with Gasteiger partial charge in [-0.2, -0.15) is 0 Å². The van der Waals surface area contributed by atoms with Gasteiger partial charge in [-0.1, -0.05) is 30.4 Å². The number of carbonyl (C=O) groups is 2. The summed E-state index contributed by atoms with van der Waals surface area (Å²) in [7, 11) is 1.62. The fraction of sp³-hybridized carbons (Fsp3) is 0.474. The zero-order valence-corrected chi connectivity index (χ0v) is 13.8. The van der Waals surface area contributed by atoms with Crippen LogP contribution in [0.4, 0.5) is 0 Å². The molecule has 0 aliphatic heterocycles. The summed E-state index contributed by atoms with van der Waals surface area (Å²) < 4.78 is 5.31. The van der Waals surface area contributed by atoms with Crippen LogP contribution in [0.1, 0.15) is 18.4 Å². The average molecular weight is 329 g/mol. The second-order valence-electron chi connectivity index (χ2n) is 6.53. The summed E-state index contributed by atoms with van der Waals surface area (Å²) in [5.41, 5.74) is 1.03. The number of hydrogen-bond donors (Lipinski definition) is 2. The molecule has 1 aromatic rings. The highest BCUT2D eigenvalue weighted by atomic mass is 16.5. The number of carboxylic acids is 1. The van der Waals surface area contributed by atoms with E-state index < -0.39 is 17.8 Å². The van der Waals surface area contributed by atoms with E-state index in [1.165, 1.54) is 0 Å². The lowest BCUT2D eigenvalue weighted by Crippen LogP contribution is -2.49. The molecule has 4 atom stereocenters. The fourth-order valence-electron chi connectivity index (χ4n) is 4.04. The van der Waals surface area contributed by atoms with Gasteiger partial charge in [0.15, 0.2) is 0 Å². The number of rotatable bonds is 6. The SMILES string of the molecule is COc1ccccc1CCNC(=O)[C@H]1[C@H](C(=O)O)[C@H]2C=C[C@H]1CC2. The minimum atomic E-state index is -0.862. The maximum absolute atomic E-state index is 12.6. The highest BCUT2D eigenvalue weighted by molar-refractivity contribution is 5.86. The van der Waals surface area contributed by atoms with Crippen molar-refractivity contribution in [3.05, 3.63) is 42.0 Å². The number of carboxylic acid groups (broad SMARTS) is 1. The van der Waals surface area contributed by atoms with Gasteiger partial charge in [0.05, 0.1) is 18.9 Å². The lowest BCUT2D eigenvalue weighted by molar-refractivity contribution is -0.152. The minimum Gasteiger partial charge on any atom is -0.496 e. The summed E-state index contributed by atoms with van der Waals surface area (Å²) in [6.45, 7) is 0.475. The second kappa shape index (κ2) is 7.07. The molecule has 1 amide bonds. The summed E-state index contributed by atoms with van der Waals surface area (Å²) >= 11 is 0. The van der Waals surface area contributed by atoms with Crippen molar-refractivity contribution in [2.45, 2.75) is 19.3 Å². The number of ether oxygens (including phenoxy) is 1. The molecule has 1 fully saturated rings. The third-order valence-corrected chi connectivity index (χ3v) is 5.22. The number of fused-ring (bicyclic) bond motifs is 2. The Morgan fingerprint density at radius 3 is 2.46 bits per heavy atom. The van der Waals surface area contributed by atoms with E-state index >= 15 is 0 Å². The van der Waals surface area contributed by atoms with Crippen molar-refractivity contribution < 1.29 is 19.4 Å². The number of allylic oxidation sites excluding steroid dienone is 2. The zero-order chi connectivity index (χ0) is 17.1. The molecule has 4 rings (SSSR count). The van der Waals surface area contributed by atoms with Gasteiger partial charge < -0.3 is 15.2 Å². The van der Waals surface area contributed by atoms with Gasteiger partial charge >= 0.3 is 5.97 Å². The second-order valence-corrected chi connectivity index (χ2v) is 6.53. The van der Waals surface area contributed by atoms with Crippen LogP contribution in [0.15, 0.2) is 36.4 Å². The van der Waals surface area contributed by atoms with E-state index in [2.05, 4.69) is 5.32 Å². The van der Waals surface area contributed by atoms with Crippen LogP contribution in [0.25, 0.3) is 0 Å². The van der Waals surface area contributed by atoms with Crippen LogP contribution in [0, 0.1) is 23.7 Å². The van der Waals surface area contributed by atoms with Gasteiger partial charge in [-0.25, -0.2) is 0 Å². The van der Waals surface area contributed by atoms with Crippen molar-refractivity contribution in [1.82, 2.24) is 5.32 Å². The third kappa shape index (κ3) is 3.16. The Balaban J connectivity index is 1.62. The normalized spacial score (nSPS) is 27.7. The number of hydrogen-bond acceptors (Lipinski definition) is 3. The van der Waals surface area contributed by atoms with Gasteiger partial charge in [-0.3, -0.25) is 9.59 Å². The first-order valence-electron chi connectivity index (χ1n) is 8.42. The topological polar surface area (TPSA) is 75.6 Å². The highest BCUT2D eigenvalue weighted by Crippen LogP contribution is 2.45. The number of nitrogens with one attached hydrogen (secondary N) is 1. The number of amides is 1. The van der Waals surface area contributed by atoms with Gasteiger partial charge in [0.25, 0.3) is 0 Å². The number of aliphatic carboxylic acids is 1. The van der Waals surface area contributed by atoms with Crippen molar-refractivity contribution >= 4 is 11.9 Å². The predicted molar refractivity (Wildman–Crippen MR) is 89.7 cm³/mol.